The molecule has 2 aromatic heterocycles. The smallest absolute Gasteiger partial charge is 0.306 e. The molecule has 0 atom stereocenters. The van der Waals surface area contributed by atoms with E-state index in [-0.39, 0.29) is 23.0 Å². The van der Waals surface area contributed by atoms with Gasteiger partial charge < -0.3 is 14.8 Å². The number of aromatic nitrogens is 3. The number of imidazole rings is 1. The minimum absolute atomic E-state index is 0.0629. The highest BCUT2D eigenvalue weighted by atomic mass is 35.5. The van der Waals surface area contributed by atoms with E-state index in [4.69, 9.17) is 16.3 Å². The Morgan fingerprint density at radius 2 is 1.54 bits per heavy atom. The summed E-state index contributed by atoms with van der Waals surface area (Å²) in [4.78, 5) is 23.7. The summed E-state index contributed by atoms with van der Waals surface area (Å²) < 4.78 is 33.5. The maximum Gasteiger partial charge on any atom is 0.306 e. The first-order valence-corrected chi connectivity index (χ1v) is 14.8. The number of aromatic amines is 1. The number of rotatable bonds is 8. The van der Waals surface area contributed by atoms with Crippen LogP contribution in [0.2, 0.25) is 5.02 Å². The second-order valence-electron chi connectivity index (χ2n) is 10.2. The van der Waals surface area contributed by atoms with Crippen molar-refractivity contribution in [2.45, 2.75) is 55.6 Å². The second-order valence-corrected chi connectivity index (χ2v) is 12.3. The number of hydrogen-bond donors (Lipinski definition) is 3. The van der Waals surface area contributed by atoms with Gasteiger partial charge in [-0.05, 0) is 67.9 Å². The highest BCUT2D eigenvalue weighted by molar-refractivity contribution is 7.89. The number of ether oxygens (including phenoxy) is 1. The molecular weight excluding hydrogens is 540 g/mol. The molecule has 3 N–H and O–H groups in total. The third-order valence-electron chi connectivity index (χ3n) is 7.26. The van der Waals surface area contributed by atoms with Crippen molar-refractivity contribution in [1.82, 2.24) is 19.7 Å². The van der Waals surface area contributed by atoms with Gasteiger partial charge in [0.25, 0.3) is 6.01 Å². The number of sulfonamides is 1. The number of nitrogens with one attached hydrogen (secondary N) is 2. The van der Waals surface area contributed by atoms with Gasteiger partial charge in [0, 0.05) is 11.6 Å². The zero-order chi connectivity index (χ0) is 27.1. The van der Waals surface area contributed by atoms with E-state index in [2.05, 4.69) is 19.7 Å². The van der Waals surface area contributed by atoms with Gasteiger partial charge in [0.05, 0.1) is 27.0 Å². The molecule has 0 spiro atoms. The fraction of sp³-hybridized carbons (Fsp3) is 0.321. The van der Waals surface area contributed by atoms with E-state index < -0.39 is 16.0 Å². The Bertz CT molecular complexity index is 1630. The van der Waals surface area contributed by atoms with E-state index in [9.17, 15) is 18.3 Å². The summed E-state index contributed by atoms with van der Waals surface area (Å²) in [5, 5.41) is 9.65. The molecule has 0 aliphatic heterocycles. The van der Waals surface area contributed by atoms with Gasteiger partial charge in [0.1, 0.15) is 6.10 Å². The normalized spacial score (nSPS) is 19.7. The van der Waals surface area contributed by atoms with Crippen LogP contribution >= 0.6 is 11.6 Å². The van der Waals surface area contributed by atoms with Gasteiger partial charge in [-0.1, -0.05) is 48.0 Å². The van der Waals surface area contributed by atoms with Crippen molar-refractivity contribution in [3.63, 3.8) is 0 Å². The Balaban J connectivity index is 1.17. The summed E-state index contributed by atoms with van der Waals surface area (Å²) in [5.41, 5.74) is 4.36. The molecular formula is C28H27ClN4O5S. The van der Waals surface area contributed by atoms with Gasteiger partial charge in [0.2, 0.25) is 10.0 Å². The SMILES string of the molecule is O=C(O)[C@H]1CC[C@H](Oc2nc3nc(-c4ccc(-c5ccc(S(=O)(=O)NC6CC6)cc5)cc4)c(Cl)cc3[nH]2)CC1. The number of carboxylic acids is 1. The minimum atomic E-state index is -3.49. The Morgan fingerprint density at radius 3 is 2.15 bits per heavy atom. The maximum atomic E-state index is 12.4. The van der Waals surface area contributed by atoms with E-state index in [0.717, 1.165) is 29.5 Å². The molecule has 2 fully saturated rings. The maximum absolute atomic E-state index is 12.4. The minimum Gasteiger partial charge on any atom is -0.481 e. The van der Waals surface area contributed by atoms with Gasteiger partial charge in [-0.25, -0.2) is 18.1 Å². The van der Waals surface area contributed by atoms with Crippen LogP contribution in [0.25, 0.3) is 33.5 Å². The number of H-pyrrole nitrogens is 1. The third kappa shape index (κ3) is 5.63. The van der Waals surface area contributed by atoms with Crippen LogP contribution in [0.1, 0.15) is 38.5 Å². The third-order valence-corrected chi connectivity index (χ3v) is 9.09. The predicted octanol–water partition coefficient (Wildman–Crippen LogP) is 5.41. The van der Waals surface area contributed by atoms with Crippen molar-refractivity contribution < 1.29 is 23.1 Å². The van der Waals surface area contributed by atoms with Crippen LogP contribution in [0.15, 0.2) is 59.5 Å². The fourth-order valence-corrected chi connectivity index (χ4v) is 6.44. The topological polar surface area (TPSA) is 134 Å². The molecule has 9 nitrogen and oxygen atoms in total. The Morgan fingerprint density at radius 1 is 0.923 bits per heavy atom. The molecule has 2 heterocycles. The molecule has 0 amide bonds. The van der Waals surface area contributed by atoms with Gasteiger partial charge in [-0.3, -0.25) is 4.79 Å². The summed E-state index contributed by atoms with van der Waals surface area (Å²) in [6.45, 7) is 0. The molecule has 39 heavy (non-hydrogen) atoms. The zero-order valence-corrected chi connectivity index (χ0v) is 22.5. The average molecular weight is 567 g/mol. The lowest BCUT2D eigenvalue weighted by atomic mass is 9.87. The molecule has 0 radical (unpaired) electrons. The van der Waals surface area contributed by atoms with Gasteiger partial charge in [-0.15, -0.1) is 0 Å². The fourth-order valence-electron chi connectivity index (χ4n) is 4.88. The summed E-state index contributed by atoms with van der Waals surface area (Å²) in [5.74, 6) is -1.05. The van der Waals surface area contributed by atoms with Crippen LogP contribution in [-0.4, -0.2) is 46.6 Å². The lowest BCUT2D eigenvalue weighted by Crippen LogP contribution is -2.28. The highest BCUT2D eigenvalue weighted by Gasteiger charge is 2.28. The molecule has 4 aromatic rings. The second kappa shape index (κ2) is 10.3. The number of carboxylic acid groups (broad SMARTS) is 1. The average Bonchev–Trinajstić information content (AvgIpc) is 3.65. The molecule has 0 bridgehead atoms. The number of aliphatic carboxylic acids is 1. The monoisotopic (exact) mass is 566 g/mol. The van der Waals surface area contributed by atoms with E-state index in [1.54, 1.807) is 30.3 Å². The number of pyridine rings is 1. The van der Waals surface area contributed by atoms with E-state index in [1.165, 1.54) is 0 Å². The van der Waals surface area contributed by atoms with E-state index in [0.29, 0.717) is 53.6 Å². The number of nitrogens with zero attached hydrogens (tertiary/aromatic N) is 2. The zero-order valence-electron chi connectivity index (χ0n) is 20.9. The van der Waals surface area contributed by atoms with Crippen LogP contribution in [0.3, 0.4) is 0 Å². The molecule has 2 aliphatic carbocycles. The first-order valence-electron chi connectivity index (χ1n) is 12.9. The first-order chi connectivity index (χ1) is 18.7. The van der Waals surface area contributed by atoms with Gasteiger partial charge in [-0.2, -0.15) is 4.98 Å². The number of hydrogen-bond acceptors (Lipinski definition) is 6. The summed E-state index contributed by atoms with van der Waals surface area (Å²) in [6, 6.07) is 16.7. The number of fused-ring (bicyclic) bond motifs is 1. The molecule has 2 aliphatic rings. The standard InChI is InChI=1S/C28H27ClN4O5S/c29-23-15-24-26(32-28(30-24)38-21-11-5-19(6-12-21)27(34)35)31-25(23)18-3-1-16(2-4-18)17-7-13-22(14-8-17)39(36,37)33-20-9-10-20/h1-4,7-8,13-15,19-21,33H,5-6,9-12H2,(H,34,35)(H,30,31,32)/t19-,21-. The summed E-state index contributed by atoms with van der Waals surface area (Å²) >= 11 is 6.57. The van der Waals surface area contributed by atoms with Crippen LogP contribution in [-0.2, 0) is 14.8 Å². The molecule has 0 saturated heterocycles. The lowest BCUT2D eigenvalue weighted by Gasteiger charge is -2.25. The van der Waals surface area contributed by atoms with Crippen LogP contribution in [0.4, 0.5) is 0 Å². The van der Waals surface area contributed by atoms with Gasteiger partial charge >= 0.3 is 5.97 Å². The summed E-state index contributed by atoms with van der Waals surface area (Å²) in [7, 11) is -3.49. The Kier molecular flexibility index (Phi) is 6.78. The molecule has 2 aromatic carbocycles. The molecule has 2 saturated carbocycles. The van der Waals surface area contributed by atoms with Crippen molar-refractivity contribution in [2.75, 3.05) is 0 Å². The largest absolute Gasteiger partial charge is 0.481 e. The van der Waals surface area contributed by atoms with Crippen LogP contribution < -0.4 is 9.46 Å². The molecule has 202 valence electrons. The van der Waals surface area contributed by atoms with E-state index >= 15 is 0 Å². The van der Waals surface area contributed by atoms with Crippen molar-refractivity contribution in [2.24, 2.45) is 5.92 Å². The van der Waals surface area contributed by atoms with Crippen LogP contribution in [0.5, 0.6) is 6.01 Å². The van der Waals surface area contributed by atoms with Gasteiger partial charge in [0.15, 0.2) is 5.65 Å². The van der Waals surface area contributed by atoms with Crippen molar-refractivity contribution in [3.8, 4) is 28.4 Å². The Hall–Kier alpha value is -3.47. The number of benzene rings is 2. The highest BCUT2D eigenvalue weighted by Crippen LogP contribution is 2.33. The molecule has 0 unspecified atom stereocenters. The van der Waals surface area contributed by atoms with Crippen molar-refractivity contribution >= 4 is 38.8 Å². The van der Waals surface area contributed by atoms with Crippen LogP contribution in [0, 0.1) is 5.92 Å². The van der Waals surface area contributed by atoms with Crippen molar-refractivity contribution in [1.29, 1.82) is 0 Å². The number of halogens is 1. The molecule has 6 rings (SSSR count). The number of carbonyl (C=O) groups is 1. The summed E-state index contributed by atoms with van der Waals surface area (Å²) in [6.07, 6.45) is 4.19. The predicted molar refractivity (Wildman–Crippen MR) is 147 cm³/mol. The molecule has 11 heteroatoms. The van der Waals surface area contributed by atoms with E-state index in [1.807, 2.05) is 24.3 Å². The lowest BCUT2D eigenvalue weighted by molar-refractivity contribution is -0.143. The first kappa shape index (κ1) is 25.8. The van der Waals surface area contributed by atoms with Crippen molar-refractivity contribution in [3.05, 3.63) is 59.6 Å². The Labute approximate surface area is 230 Å². The quantitative estimate of drug-likeness (QED) is 0.259.